The van der Waals surface area contributed by atoms with Crippen LogP contribution in [0.1, 0.15) is 41.7 Å². The zero-order chi connectivity index (χ0) is 21.7. The van der Waals surface area contributed by atoms with E-state index in [4.69, 9.17) is 11.6 Å². The van der Waals surface area contributed by atoms with E-state index in [0.29, 0.717) is 24.4 Å². The van der Waals surface area contributed by atoms with Crippen LogP contribution < -0.4 is 10.1 Å². The lowest BCUT2D eigenvalue weighted by molar-refractivity contribution is -0.127. The van der Waals surface area contributed by atoms with Gasteiger partial charge in [-0.2, -0.15) is 8.78 Å². The standard InChI is InChI=1S/C22H23ClF2N2O3/c1-14(15-6-4-8-17(23)12-15)26-20(28)16-7-5-11-27(13-16)21(29)18-9-2-3-10-19(18)30-22(24)25/h2-4,6,8-10,12,14,16,22H,5,7,11,13H2,1H3,(H,26,28). The molecular formula is C22H23ClF2N2O3. The van der Waals surface area contributed by atoms with E-state index in [-0.39, 0.29) is 35.7 Å². The summed E-state index contributed by atoms with van der Waals surface area (Å²) in [6, 6.07) is 12.9. The number of rotatable bonds is 6. The highest BCUT2D eigenvalue weighted by Gasteiger charge is 2.31. The van der Waals surface area contributed by atoms with Gasteiger partial charge < -0.3 is 15.0 Å². The highest BCUT2D eigenvalue weighted by molar-refractivity contribution is 6.30. The van der Waals surface area contributed by atoms with E-state index < -0.39 is 12.5 Å². The largest absolute Gasteiger partial charge is 0.434 e. The molecule has 1 fully saturated rings. The van der Waals surface area contributed by atoms with Crippen molar-refractivity contribution in [1.82, 2.24) is 10.2 Å². The van der Waals surface area contributed by atoms with Gasteiger partial charge in [0.2, 0.25) is 5.91 Å². The normalized spacial score (nSPS) is 17.5. The summed E-state index contributed by atoms with van der Waals surface area (Å²) in [6.07, 6.45) is 1.29. The fourth-order valence-corrected chi connectivity index (χ4v) is 3.78. The van der Waals surface area contributed by atoms with Crippen molar-refractivity contribution < 1.29 is 23.1 Å². The minimum absolute atomic E-state index is 0.0613. The van der Waals surface area contributed by atoms with Crippen molar-refractivity contribution >= 4 is 23.4 Å². The molecule has 8 heteroatoms. The number of amides is 2. The first-order valence-electron chi connectivity index (χ1n) is 9.74. The average Bonchev–Trinajstić information content (AvgIpc) is 2.73. The van der Waals surface area contributed by atoms with E-state index in [9.17, 15) is 18.4 Å². The van der Waals surface area contributed by atoms with Crippen molar-refractivity contribution in [3.05, 3.63) is 64.7 Å². The van der Waals surface area contributed by atoms with Crippen LogP contribution in [0.4, 0.5) is 8.78 Å². The van der Waals surface area contributed by atoms with Gasteiger partial charge in [0.1, 0.15) is 5.75 Å². The van der Waals surface area contributed by atoms with Gasteiger partial charge in [0, 0.05) is 18.1 Å². The fraction of sp³-hybridized carbons (Fsp3) is 0.364. The minimum atomic E-state index is -3.02. The highest BCUT2D eigenvalue weighted by Crippen LogP contribution is 2.26. The van der Waals surface area contributed by atoms with E-state index in [1.54, 1.807) is 18.2 Å². The van der Waals surface area contributed by atoms with Gasteiger partial charge in [0.25, 0.3) is 5.91 Å². The predicted octanol–water partition coefficient (Wildman–Crippen LogP) is 4.67. The summed E-state index contributed by atoms with van der Waals surface area (Å²) < 4.78 is 29.8. The number of hydrogen-bond acceptors (Lipinski definition) is 3. The molecule has 160 valence electrons. The van der Waals surface area contributed by atoms with E-state index in [1.165, 1.54) is 23.1 Å². The minimum Gasteiger partial charge on any atom is -0.434 e. The van der Waals surface area contributed by atoms with Crippen LogP contribution in [0.3, 0.4) is 0 Å². The molecular weight excluding hydrogens is 414 g/mol. The van der Waals surface area contributed by atoms with Gasteiger partial charge in [-0.05, 0) is 49.6 Å². The van der Waals surface area contributed by atoms with Gasteiger partial charge in [-0.1, -0.05) is 35.9 Å². The third-order valence-electron chi connectivity index (χ3n) is 5.12. The molecule has 0 aromatic heterocycles. The van der Waals surface area contributed by atoms with Crippen LogP contribution in [0.15, 0.2) is 48.5 Å². The zero-order valence-electron chi connectivity index (χ0n) is 16.5. The van der Waals surface area contributed by atoms with Crippen LogP contribution in [0.2, 0.25) is 5.02 Å². The maximum absolute atomic E-state index is 12.9. The topological polar surface area (TPSA) is 58.6 Å². The van der Waals surface area contributed by atoms with Crippen LogP contribution in [-0.2, 0) is 4.79 Å². The van der Waals surface area contributed by atoms with Crippen molar-refractivity contribution in [3.63, 3.8) is 0 Å². The van der Waals surface area contributed by atoms with Gasteiger partial charge in [0.05, 0.1) is 17.5 Å². The Morgan fingerprint density at radius 2 is 1.97 bits per heavy atom. The Labute approximate surface area is 179 Å². The second-order valence-electron chi connectivity index (χ2n) is 7.25. The second kappa shape index (κ2) is 9.89. The Kier molecular flexibility index (Phi) is 7.26. The lowest BCUT2D eigenvalue weighted by Crippen LogP contribution is -2.46. The molecule has 2 aromatic rings. The summed E-state index contributed by atoms with van der Waals surface area (Å²) in [5, 5.41) is 3.56. The molecule has 1 heterocycles. The number of para-hydroxylation sites is 1. The Morgan fingerprint density at radius 3 is 2.70 bits per heavy atom. The summed E-state index contributed by atoms with van der Waals surface area (Å²) in [7, 11) is 0. The quantitative estimate of drug-likeness (QED) is 0.715. The first-order valence-corrected chi connectivity index (χ1v) is 10.1. The molecule has 1 N–H and O–H groups in total. The summed E-state index contributed by atoms with van der Waals surface area (Å²) in [6.45, 7) is -0.481. The van der Waals surface area contributed by atoms with Gasteiger partial charge in [-0.3, -0.25) is 9.59 Å². The molecule has 2 unspecified atom stereocenters. The number of carbonyl (C=O) groups is 2. The summed E-state index contributed by atoms with van der Waals surface area (Å²) in [4.78, 5) is 27.2. The molecule has 1 aliphatic rings. The Hall–Kier alpha value is -2.67. The number of halogens is 3. The molecule has 3 rings (SSSR count). The lowest BCUT2D eigenvalue weighted by atomic mass is 9.95. The van der Waals surface area contributed by atoms with Crippen LogP contribution in [0, 0.1) is 5.92 Å². The SMILES string of the molecule is CC(NC(=O)C1CCCN(C(=O)c2ccccc2OC(F)F)C1)c1cccc(Cl)c1. The highest BCUT2D eigenvalue weighted by atomic mass is 35.5. The van der Waals surface area contributed by atoms with Crippen LogP contribution in [-0.4, -0.2) is 36.4 Å². The van der Waals surface area contributed by atoms with Gasteiger partial charge >= 0.3 is 6.61 Å². The summed E-state index contributed by atoms with van der Waals surface area (Å²) in [5.41, 5.74) is 0.948. The number of likely N-dealkylation sites (tertiary alicyclic amines) is 1. The Balaban J connectivity index is 1.66. The lowest BCUT2D eigenvalue weighted by Gasteiger charge is -2.33. The number of alkyl halides is 2. The van der Waals surface area contributed by atoms with Crippen LogP contribution >= 0.6 is 11.6 Å². The average molecular weight is 437 g/mol. The first-order chi connectivity index (χ1) is 14.3. The Morgan fingerprint density at radius 1 is 1.20 bits per heavy atom. The smallest absolute Gasteiger partial charge is 0.387 e. The van der Waals surface area contributed by atoms with Gasteiger partial charge in [0.15, 0.2) is 0 Å². The molecule has 0 radical (unpaired) electrons. The number of carbonyl (C=O) groups excluding carboxylic acids is 2. The van der Waals surface area contributed by atoms with Crippen molar-refractivity contribution in [2.24, 2.45) is 5.92 Å². The van der Waals surface area contributed by atoms with Crippen LogP contribution in [0.5, 0.6) is 5.75 Å². The van der Waals surface area contributed by atoms with E-state index >= 15 is 0 Å². The number of ether oxygens (including phenoxy) is 1. The molecule has 2 amide bonds. The molecule has 1 aliphatic heterocycles. The number of piperidine rings is 1. The molecule has 0 bridgehead atoms. The molecule has 2 atom stereocenters. The van der Waals surface area contributed by atoms with Gasteiger partial charge in [-0.25, -0.2) is 0 Å². The second-order valence-corrected chi connectivity index (χ2v) is 7.69. The predicted molar refractivity (Wildman–Crippen MR) is 110 cm³/mol. The van der Waals surface area contributed by atoms with E-state index in [1.807, 2.05) is 19.1 Å². The molecule has 0 saturated carbocycles. The molecule has 1 saturated heterocycles. The third kappa shape index (κ3) is 5.48. The van der Waals surface area contributed by atoms with Crippen molar-refractivity contribution in [2.45, 2.75) is 32.4 Å². The Bertz CT molecular complexity index is 909. The van der Waals surface area contributed by atoms with Gasteiger partial charge in [-0.15, -0.1) is 0 Å². The number of nitrogens with zero attached hydrogens (tertiary/aromatic N) is 1. The molecule has 30 heavy (non-hydrogen) atoms. The molecule has 0 aliphatic carbocycles. The van der Waals surface area contributed by atoms with Crippen molar-refractivity contribution in [3.8, 4) is 5.75 Å². The molecule has 5 nitrogen and oxygen atoms in total. The van der Waals surface area contributed by atoms with Crippen LogP contribution in [0.25, 0.3) is 0 Å². The first kappa shape index (κ1) is 22.0. The maximum atomic E-state index is 12.9. The summed E-state index contributed by atoms with van der Waals surface area (Å²) in [5.74, 6) is -1.13. The number of benzene rings is 2. The van der Waals surface area contributed by atoms with Crippen molar-refractivity contribution in [2.75, 3.05) is 13.1 Å². The number of hydrogen-bond donors (Lipinski definition) is 1. The maximum Gasteiger partial charge on any atom is 0.387 e. The zero-order valence-corrected chi connectivity index (χ0v) is 17.2. The number of nitrogens with one attached hydrogen (secondary N) is 1. The van der Waals surface area contributed by atoms with E-state index in [0.717, 1.165) is 5.56 Å². The molecule has 0 spiro atoms. The van der Waals surface area contributed by atoms with Crippen molar-refractivity contribution in [1.29, 1.82) is 0 Å². The third-order valence-corrected chi connectivity index (χ3v) is 5.36. The molecule has 2 aromatic carbocycles. The van der Waals surface area contributed by atoms with E-state index in [2.05, 4.69) is 10.1 Å². The monoisotopic (exact) mass is 436 g/mol. The summed E-state index contributed by atoms with van der Waals surface area (Å²) >= 11 is 6.02. The fourth-order valence-electron chi connectivity index (χ4n) is 3.58.